The van der Waals surface area contributed by atoms with Crippen LogP contribution in [0.1, 0.15) is 31.7 Å². The topological polar surface area (TPSA) is 83.8 Å². The van der Waals surface area contributed by atoms with Gasteiger partial charge in [0, 0.05) is 11.4 Å². The van der Waals surface area contributed by atoms with Crippen LogP contribution in [0.2, 0.25) is 0 Å². The average molecular weight is 310 g/mol. The summed E-state index contributed by atoms with van der Waals surface area (Å²) in [5.41, 5.74) is 8.62. The first-order valence-corrected chi connectivity index (χ1v) is 7.74. The highest BCUT2D eigenvalue weighted by Gasteiger charge is 2.16. The SMILES string of the molecule is CC(C)CCc1c(N)cc(C#N)n1CC(=O)Nc1ccccc1. The number of anilines is 2. The predicted octanol–water partition coefficient (Wildman–Crippen LogP) is 3.17. The standard InChI is InChI=1S/C18H22N4O/c1-13(2)8-9-17-16(20)10-15(11-19)22(17)12-18(23)21-14-6-4-3-5-7-14/h3-7,10,13H,8-9,12,20H2,1-2H3,(H,21,23). The normalized spacial score (nSPS) is 10.5. The molecule has 0 saturated heterocycles. The van der Waals surface area contributed by atoms with E-state index >= 15 is 0 Å². The lowest BCUT2D eigenvalue weighted by Crippen LogP contribution is -2.21. The second kappa shape index (κ2) is 7.50. The van der Waals surface area contributed by atoms with Gasteiger partial charge in [0.1, 0.15) is 18.3 Å². The summed E-state index contributed by atoms with van der Waals surface area (Å²) >= 11 is 0. The minimum absolute atomic E-state index is 0.0857. The summed E-state index contributed by atoms with van der Waals surface area (Å²) in [4.78, 5) is 12.3. The van der Waals surface area contributed by atoms with Crippen molar-refractivity contribution in [3.05, 3.63) is 47.8 Å². The third-order valence-corrected chi connectivity index (χ3v) is 3.67. The van der Waals surface area contributed by atoms with E-state index in [1.54, 1.807) is 10.6 Å². The monoisotopic (exact) mass is 310 g/mol. The Kier molecular flexibility index (Phi) is 5.42. The number of carbonyl (C=O) groups excluding carboxylic acids is 1. The van der Waals surface area contributed by atoms with Gasteiger partial charge in [-0.05, 0) is 37.0 Å². The Balaban J connectivity index is 2.17. The van der Waals surface area contributed by atoms with E-state index in [0.29, 0.717) is 17.3 Å². The van der Waals surface area contributed by atoms with E-state index in [1.165, 1.54) is 0 Å². The molecule has 0 aliphatic heterocycles. The zero-order valence-electron chi connectivity index (χ0n) is 13.5. The average Bonchev–Trinajstić information content (AvgIpc) is 2.81. The van der Waals surface area contributed by atoms with E-state index in [2.05, 4.69) is 25.2 Å². The van der Waals surface area contributed by atoms with Crippen molar-refractivity contribution in [1.82, 2.24) is 4.57 Å². The van der Waals surface area contributed by atoms with Gasteiger partial charge in [0.25, 0.3) is 0 Å². The number of amides is 1. The van der Waals surface area contributed by atoms with Gasteiger partial charge < -0.3 is 15.6 Å². The number of nitrogens with two attached hydrogens (primary N) is 1. The molecule has 1 amide bonds. The van der Waals surface area contributed by atoms with Crippen LogP contribution in [0, 0.1) is 17.2 Å². The van der Waals surface area contributed by atoms with Crippen molar-refractivity contribution in [3.8, 4) is 6.07 Å². The zero-order valence-corrected chi connectivity index (χ0v) is 13.5. The number of para-hydroxylation sites is 1. The van der Waals surface area contributed by atoms with Gasteiger partial charge >= 0.3 is 0 Å². The van der Waals surface area contributed by atoms with Crippen LogP contribution in [0.15, 0.2) is 36.4 Å². The molecule has 120 valence electrons. The van der Waals surface area contributed by atoms with Gasteiger partial charge in [-0.3, -0.25) is 4.79 Å². The Morgan fingerprint density at radius 2 is 2.04 bits per heavy atom. The fourth-order valence-electron chi connectivity index (χ4n) is 2.45. The van der Waals surface area contributed by atoms with E-state index in [4.69, 9.17) is 5.73 Å². The summed E-state index contributed by atoms with van der Waals surface area (Å²) in [7, 11) is 0. The Morgan fingerprint density at radius 3 is 2.65 bits per heavy atom. The second-order valence-corrected chi connectivity index (χ2v) is 5.98. The molecule has 2 aromatic rings. The van der Waals surface area contributed by atoms with Crippen molar-refractivity contribution < 1.29 is 4.79 Å². The molecular formula is C18H22N4O. The molecule has 23 heavy (non-hydrogen) atoms. The van der Waals surface area contributed by atoms with E-state index in [9.17, 15) is 10.1 Å². The van der Waals surface area contributed by atoms with Gasteiger partial charge in [0.15, 0.2) is 0 Å². The largest absolute Gasteiger partial charge is 0.397 e. The number of hydrogen-bond acceptors (Lipinski definition) is 3. The molecular weight excluding hydrogens is 288 g/mol. The number of carbonyl (C=O) groups is 1. The summed E-state index contributed by atoms with van der Waals surface area (Å²) in [6.07, 6.45) is 1.71. The molecule has 0 spiro atoms. The number of nitriles is 1. The van der Waals surface area contributed by atoms with E-state index in [1.807, 2.05) is 30.3 Å². The third kappa shape index (κ3) is 4.36. The molecule has 0 fully saturated rings. The number of benzene rings is 1. The van der Waals surface area contributed by atoms with Crippen LogP contribution >= 0.6 is 0 Å². The Hall–Kier alpha value is -2.74. The number of nitrogen functional groups attached to an aromatic ring is 1. The molecule has 0 aliphatic rings. The van der Waals surface area contributed by atoms with Crippen LogP contribution in [0.3, 0.4) is 0 Å². The first-order valence-electron chi connectivity index (χ1n) is 7.74. The van der Waals surface area contributed by atoms with Gasteiger partial charge in [-0.2, -0.15) is 5.26 Å². The molecule has 5 nitrogen and oxygen atoms in total. The van der Waals surface area contributed by atoms with Gasteiger partial charge in [0.2, 0.25) is 5.91 Å². The lowest BCUT2D eigenvalue weighted by atomic mass is 10.1. The highest BCUT2D eigenvalue weighted by atomic mass is 16.1. The smallest absolute Gasteiger partial charge is 0.244 e. The van der Waals surface area contributed by atoms with E-state index in [-0.39, 0.29) is 12.5 Å². The zero-order chi connectivity index (χ0) is 16.8. The molecule has 2 rings (SSSR count). The van der Waals surface area contributed by atoms with Gasteiger partial charge in [0.05, 0.1) is 5.69 Å². The lowest BCUT2D eigenvalue weighted by Gasteiger charge is -2.13. The first kappa shape index (κ1) is 16.6. The summed E-state index contributed by atoms with van der Waals surface area (Å²) in [5, 5.41) is 12.1. The van der Waals surface area contributed by atoms with Crippen molar-refractivity contribution in [2.75, 3.05) is 11.1 Å². The van der Waals surface area contributed by atoms with Crippen LogP contribution in [-0.4, -0.2) is 10.5 Å². The van der Waals surface area contributed by atoms with Crippen LogP contribution in [0.25, 0.3) is 0 Å². The van der Waals surface area contributed by atoms with Crippen LogP contribution in [0.5, 0.6) is 0 Å². The van der Waals surface area contributed by atoms with Crippen LogP contribution in [0.4, 0.5) is 11.4 Å². The summed E-state index contributed by atoms with van der Waals surface area (Å²) in [5.74, 6) is 0.357. The molecule has 1 aromatic heterocycles. The molecule has 3 N–H and O–H groups in total. The minimum atomic E-state index is -0.172. The highest BCUT2D eigenvalue weighted by molar-refractivity contribution is 5.90. The van der Waals surface area contributed by atoms with Crippen LogP contribution in [-0.2, 0) is 17.8 Å². The Bertz CT molecular complexity index is 711. The number of hydrogen-bond donors (Lipinski definition) is 2. The minimum Gasteiger partial charge on any atom is -0.397 e. The second-order valence-electron chi connectivity index (χ2n) is 5.98. The molecule has 0 unspecified atom stereocenters. The number of aromatic nitrogens is 1. The lowest BCUT2D eigenvalue weighted by molar-refractivity contribution is -0.116. The summed E-state index contributed by atoms with van der Waals surface area (Å²) in [6.45, 7) is 4.36. The quantitative estimate of drug-likeness (QED) is 0.859. The molecule has 1 aromatic carbocycles. The number of nitrogens with zero attached hydrogens (tertiary/aromatic N) is 2. The molecule has 1 heterocycles. The highest BCUT2D eigenvalue weighted by Crippen LogP contribution is 2.21. The van der Waals surface area contributed by atoms with Gasteiger partial charge in [-0.1, -0.05) is 32.0 Å². The van der Waals surface area contributed by atoms with Gasteiger partial charge in [-0.25, -0.2) is 0 Å². The van der Waals surface area contributed by atoms with Crippen molar-refractivity contribution in [2.45, 2.75) is 33.2 Å². The van der Waals surface area contributed by atoms with Crippen LogP contribution < -0.4 is 11.1 Å². The first-order chi connectivity index (χ1) is 11.0. The maximum absolute atomic E-state index is 12.3. The van der Waals surface area contributed by atoms with Crippen molar-refractivity contribution in [3.63, 3.8) is 0 Å². The predicted molar refractivity (Wildman–Crippen MR) is 91.8 cm³/mol. The van der Waals surface area contributed by atoms with E-state index < -0.39 is 0 Å². The number of nitrogens with one attached hydrogen (secondary N) is 1. The Morgan fingerprint density at radius 1 is 1.35 bits per heavy atom. The van der Waals surface area contributed by atoms with Crippen molar-refractivity contribution in [1.29, 1.82) is 5.26 Å². The summed E-state index contributed by atoms with van der Waals surface area (Å²) < 4.78 is 1.72. The number of rotatable bonds is 6. The fraction of sp³-hybridized carbons (Fsp3) is 0.333. The molecule has 0 aliphatic carbocycles. The molecule has 0 radical (unpaired) electrons. The van der Waals surface area contributed by atoms with E-state index in [0.717, 1.165) is 24.2 Å². The summed E-state index contributed by atoms with van der Waals surface area (Å²) in [6, 6.07) is 13.0. The van der Waals surface area contributed by atoms with Crippen molar-refractivity contribution in [2.24, 2.45) is 5.92 Å². The van der Waals surface area contributed by atoms with Gasteiger partial charge in [-0.15, -0.1) is 0 Å². The molecule has 0 atom stereocenters. The maximum Gasteiger partial charge on any atom is 0.244 e. The van der Waals surface area contributed by atoms with Crippen molar-refractivity contribution >= 4 is 17.3 Å². The molecule has 0 bridgehead atoms. The maximum atomic E-state index is 12.3. The fourth-order valence-corrected chi connectivity index (χ4v) is 2.45. The molecule has 5 heteroatoms. The Labute approximate surface area is 136 Å². The molecule has 0 saturated carbocycles. The third-order valence-electron chi connectivity index (χ3n) is 3.67.